The number of carbonyl (C=O) groups excluding carboxylic acids is 1. The highest BCUT2D eigenvalue weighted by Crippen LogP contribution is 2.38. The van der Waals surface area contributed by atoms with Crippen molar-refractivity contribution in [1.29, 1.82) is 0 Å². The summed E-state index contributed by atoms with van der Waals surface area (Å²) in [7, 11) is 1.48. The Labute approximate surface area is 213 Å². The minimum atomic E-state index is -0.397. The molecule has 5 rings (SSSR count). The van der Waals surface area contributed by atoms with Crippen LogP contribution < -0.4 is 4.74 Å². The number of carbonyl (C=O) groups is 1. The van der Waals surface area contributed by atoms with E-state index in [0.29, 0.717) is 5.75 Å². The molecule has 36 heavy (non-hydrogen) atoms. The Morgan fingerprint density at radius 2 is 1.56 bits per heavy atom. The van der Waals surface area contributed by atoms with Gasteiger partial charge in [0.1, 0.15) is 12.4 Å². The lowest BCUT2D eigenvalue weighted by Crippen LogP contribution is -2.31. The third-order valence-electron chi connectivity index (χ3n) is 6.74. The molecule has 3 aromatic carbocycles. The van der Waals surface area contributed by atoms with Crippen LogP contribution in [0, 0.1) is 0 Å². The Balaban J connectivity index is 1.27. The molecule has 4 nitrogen and oxygen atoms in total. The number of methoxy groups -OCH3 is 1. The van der Waals surface area contributed by atoms with Gasteiger partial charge in [-0.15, -0.1) is 0 Å². The summed E-state index contributed by atoms with van der Waals surface area (Å²) in [5.41, 5.74) is 9.23. The van der Waals surface area contributed by atoms with Crippen molar-refractivity contribution in [1.82, 2.24) is 4.90 Å². The topological polar surface area (TPSA) is 38.8 Å². The van der Waals surface area contributed by atoms with Gasteiger partial charge < -0.3 is 9.47 Å². The summed E-state index contributed by atoms with van der Waals surface area (Å²) in [6.45, 7) is 2.91. The maximum atomic E-state index is 11.7. The predicted octanol–water partition coefficient (Wildman–Crippen LogP) is 6.33. The zero-order valence-electron chi connectivity index (χ0n) is 20.7. The Bertz CT molecular complexity index is 1270. The smallest absolute Gasteiger partial charge is 0.337 e. The minimum Gasteiger partial charge on any atom is -0.425 e. The van der Waals surface area contributed by atoms with Crippen LogP contribution in [0.5, 0.6) is 5.75 Å². The number of likely N-dealkylation sites (tertiary alicyclic amines) is 1. The number of ether oxygens (including phenoxy) is 2. The van der Waals surface area contributed by atoms with Gasteiger partial charge in [0, 0.05) is 26.7 Å². The molecule has 0 N–H and O–H groups in total. The molecule has 4 heteroatoms. The molecular formula is C32H31NO3. The highest BCUT2D eigenvalue weighted by atomic mass is 16.6. The van der Waals surface area contributed by atoms with Crippen molar-refractivity contribution in [3.8, 4) is 5.75 Å². The lowest BCUT2D eigenvalue weighted by atomic mass is 9.86. The molecule has 3 aromatic rings. The van der Waals surface area contributed by atoms with Gasteiger partial charge in [0.2, 0.25) is 0 Å². The van der Waals surface area contributed by atoms with Gasteiger partial charge in [-0.1, -0.05) is 90.5 Å². The van der Waals surface area contributed by atoms with Gasteiger partial charge in [-0.25, -0.2) is 4.79 Å². The number of rotatable bonds is 6. The maximum Gasteiger partial charge on any atom is 0.337 e. The summed E-state index contributed by atoms with van der Waals surface area (Å²) in [4.78, 5) is 14.2. The molecule has 1 aliphatic carbocycles. The zero-order chi connectivity index (χ0) is 24.7. The number of hydrogen-bond acceptors (Lipinski definition) is 4. The predicted molar refractivity (Wildman–Crippen MR) is 146 cm³/mol. The first-order chi connectivity index (χ1) is 17.7. The Morgan fingerprint density at radius 3 is 2.22 bits per heavy atom. The van der Waals surface area contributed by atoms with Crippen LogP contribution in [0.1, 0.15) is 40.7 Å². The second kappa shape index (κ2) is 11.3. The normalized spacial score (nSPS) is 15.5. The quantitative estimate of drug-likeness (QED) is 0.240. The van der Waals surface area contributed by atoms with Gasteiger partial charge in [0.15, 0.2) is 0 Å². The van der Waals surface area contributed by atoms with Crippen molar-refractivity contribution in [3.63, 3.8) is 0 Å². The van der Waals surface area contributed by atoms with E-state index in [1.807, 2.05) is 18.2 Å². The highest BCUT2D eigenvalue weighted by Gasteiger charge is 2.22. The number of hydrogen-bond donors (Lipinski definition) is 0. The second-order valence-electron chi connectivity index (χ2n) is 9.17. The monoisotopic (exact) mass is 477 g/mol. The molecular weight excluding hydrogens is 446 g/mol. The van der Waals surface area contributed by atoms with E-state index >= 15 is 0 Å². The number of benzene rings is 3. The lowest BCUT2D eigenvalue weighted by Gasteiger charge is -2.29. The average molecular weight is 478 g/mol. The van der Waals surface area contributed by atoms with E-state index in [0.717, 1.165) is 38.0 Å². The average Bonchev–Trinajstić information content (AvgIpc) is 3.07. The number of piperidine rings is 1. The van der Waals surface area contributed by atoms with Crippen LogP contribution in [0.3, 0.4) is 0 Å². The van der Waals surface area contributed by atoms with Gasteiger partial charge in [-0.3, -0.25) is 4.90 Å². The van der Waals surface area contributed by atoms with Crippen molar-refractivity contribution in [2.45, 2.75) is 12.8 Å². The van der Waals surface area contributed by atoms with Gasteiger partial charge >= 0.3 is 5.97 Å². The Hall–Kier alpha value is -3.73. The van der Waals surface area contributed by atoms with E-state index in [2.05, 4.69) is 77.7 Å². The van der Waals surface area contributed by atoms with Crippen LogP contribution in [0.4, 0.5) is 0 Å². The van der Waals surface area contributed by atoms with Crippen LogP contribution in [0.25, 0.3) is 23.8 Å². The third-order valence-corrected chi connectivity index (χ3v) is 6.74. The fraction of sp³-hybridized carbons (Fsp3) is 0.219. The van der Waals surface area contributed by atoms with Crippen LogP contribution in [-0.4, -0.2) is 44.2 Å². The van der Waals surface area contributed by atoms with Crippen LogP contribution in [0.15, 0.2) is 84.4 Å². The summed E-state index contributed by atoms with van der Waals surface area (Å²) in [6, 6.07) is 25.1. The lowest BCUT2D eigenvalue weighted by molar-refractivity contribution is -0.138. The fourth-order valence-electron chi connectivity index (χ4n) is 5.00. The molecule has 0 aromatic heterocycles. The number of esters is 1. The first-order valence-corrected chi connectivity index (χ1v) is 12.5. The Morgan fingerprint density at radius 1 is 0.889 bits per heavy atom. The van der Waals surface area contributed by atoms with E-state index in [4.69, 9.17) is 9.47 Å². The van der Waals surface area contributed by atoms with Gasteiger partial charge in [0.25, 0.3) is 0 Å². The van der Waals surface area contributed by atoms with Crippen LogP contribution in [0.2, 0.25) is 0 Å². The zero-order valence-corrected chi connectivity index (χ0v) is 20.7. The molecule has 0 saturated carbocycles. The summed E-state index contributed by atoms with van der Waals surface area (Å²) in [5, 5.41) is 0. The molecule has 182 valence electrons. The molecule has 0 atom stereocenters. The third kappa shape index (κ3) is 5.56. The summed E-state index contributed by atoms with van der Waals surface area (Å²) in [5.74, 6) is 0.137. The summed E-state index contributed by atoms with van der Waals surface area (Å²) < 4.78 is 10.1. The van der Waals surface area contributed by atoms with Crippen molar-refractivity contribution in [2.24, 2.45) is 0 Å². The number of nitrogens with zero attached hydrogens (tertiary/aromatic N) is 1. The van der Waals surface area contributed by atoms with Crippen molar-refractivity contribution in [3.05, 3.63) is 112 Å². The first kappa shape index (κ1) is 24.0. The van der Waals surface area contributed by atoms with Crippen LogP contribution >= 0.6 is 0 Å². The Kier molecular flexibility index (Phi) is 7.55. The number of fused-ring (bicyclic) bond motifs is 2. The highest BCUT2D eigenvalue weighted by molar-refractivity contribution is 5.94. The van der Waals surface area contributed by atoms with Crippen molar-refractivity contribution < 1.29 is 14.3 Å². The molecule has 1 aliphatic heterocycles. The SMILES string of the molecule is COCC(=O)Oc1cccc(/C=C/CN2CCC(=C3c4ccccc4C=Cc4ccccc43)CC2)c1. The van der Waals surface area contributed by atoms with Gasteiger partial charge in [-0.05, 0) is 58.4 Å². The molecule has 1 heterocycles. The molecule has 0 amide bonds. The summed E-state index contributed by atoms with van der Waals surface area (Å²) >= 11 is 0. The molecule has 0 bridgehead atoms. The molecule has 1 saturated heterocycles. The standard InChI is InChI=1S/C32H31NO3/c1-35-23-31(34)36-28-12-6-8-24(22-28)9-7-19-33-20-17-27(18-21-33)32-29-13-4-2-10-25(29)15-16-26-11-3-5-14-30(26)32/h2-16,22H,17-21,23H2,1H3/b9-7+. The van der Waals surface area contributed by atoms with Crippen LogP contribution in [-0.2, 0) is 9.53 Å². The fourth-order valence-corrected chi connectivity index (χ4v) is 5.00. The second-order valence-corrected chi connectivity index (χ2v) is 9.17. The largest absolute Gasteiger partial charge is 0.425 e. The first-order valence-electron chi connectivity index (χ1n) is 12.5. The van der Waals surface area contributed by atoms with E-state index in [-0.39, 0.29) is 6.61 Å². The van der Waals surface area contributed by atoms with E-state index < -0.39 is 5.97 Å². The van der Waals surface area contributed by atoms with Gasteiger partial charge in [0.05, 0.1) is 0 Å². The minimum absolute atomic E-state index is 0.0547. The molecule has 2 aliphatic rings. The summed E-state index contributed by atoms with van der Waals surface area (Å²) in [6.07, 6.45) is 10.9. The van der Waals surface area contributed by atoms with Crippen molar-refractivity contribution in [2.75, 3.05) is 33.4 Å². The maximum absolute atomic E-state index is 11.7. The van der Waals surface area contributed by atoms with E-state index in [1.165, 1.54) is 34.9 Å². The van der Waals surface area contributed by atoms with Gasteiger partial charge in [-0.2, -0.15) is 0 Å². The molecule has 0 spiro atoms. The van der Waals surface area contributed by atoms with Crippen molar-refractivity contribution >= 4 is 29.8 Å². The molecule has 0 unspecified atom stereocenters. The van der Waals surface area contributed by atoms with E-state index in [1.54, 1.807) is 11.6 Å². The molecule has 0 radical (unpaired) electrons. The molecule has 1 fully saturated rings. The van der Waals surface area contributed by atoms with E-state index in [9.17, 15) is 4.79 Å².